The number of carboxylic acid groups (broad SMARTS) is 1. The molecule has 1 heterocycles. The van der Waals surface area contributed by atoms with Gasteiger partial charge >= 0.3 is 6.09 Å². The van der Waals surface area contributed by atoms with Crippen molar-refractivity contribution >= 4 is 17.0 Å². The Kier molecular flexibility index (Phi) is 3.39. The molecular weight excluding hydrogens is 228 g/mol. The van der Waals surface area contributed by atoms with Gasteiger partial charge in [-0.2, -0.15) is 0 Å². The summed E-state index contributed by atoms with van der Waals surface area (Å²) in [4.78, 5) is 13.5. The van der Waals surface area contributed by atoms with Crippen molar-refractivity contribution in [2.75, 3.05) is 14.1 Å². The van der Waals surface area contributed by atoms with Crippen LogP contribution >= 0.6 is 0 Å². The van der Waals surface area contributed by atoms with E-state index in [0.29, 0.717) is 0 Å². The van der Waals surface area contributed by atoms with Crippen molar-refractivity contribution in [3.63, 3.8) is 0 Å². The molecule has 18 heavy (non-hydrogen) atoms. The van der Waals surface area contributed by atoms with Gasteiger partial charge in [0.1, 0.15) is 0 Å². The van der Waals surface area contributed by atoms with Gasteiger partial charge in [0.2, 0.25) is 0 Å². The third kappa shape index (κ3) is 1.99. The van der Waals surface area contributed by atoms with Crippen LogP contribution in [-0.4, -0.2) is 34.8 Å². The van der Waals surface area contributed by atoms with E-state index in [1.807, 2.05) is 49.3 Å². The number of nitrogens with zero attached hydrogens (tertiary/aromatic N) is 2. The molecule has 0 saturated carbocycles. The normalized spacial score (nSPS) is 13.1. The Balaban J connectivity index is 2.69. The van der Waals surface area contributed by atoms with Gasteiger partial charge in [-0.05, 0) is 32.6 Å². The van der Waals surface area contributed by atoms with Crippen molar-refractivity contribution in [3.8, 4) is 0 Å². The predicted octanol–water partition coefficient (Wildman–Crippen LogP) is 3.18. The summed E-state index contributed by atoms with van der Waals surface area (Å²) in [5.74, 6) is 0. The summed E-state index contributed by atoms with van der Waals surface area (Å²) in [6.07, 6.45) is -0.0529. The molecule has 0 amide bonds. The first-order valence-electron chi connectivity index (χ1n) is 6.06. The quantitative estimate of drug-likeness (QED) is 0.904. The molecule has 1 unspecified atom stereocenters. The lowest BCUT2D eigenvalue weighted by atomic mass is 10.1. The highest BCUT2D eigenvalue weighted by Crippen LogP contribution is 2.28. The fourth-order valence-electron chi connectivity index (χ4n) is 2.47. The number of fused-ring (bicyclic) bond motifs is 1. The van der Waals surface area contributed by atoms with Crippen LogP contribution in [0.25, 0.3) is 10.9 Å². The van der Waals surface area contributed by atoms with E-state index in [1.165, 1.54) is 4.57 Å². The van der Waals surface area contributed by atoms with Crippen LogP contribution in [-0.2, 0) is 0 Å². The van der Waals surface area contributed by atoms with Crippen molar-refractivity contribution in [2.24, 2.45) is 0 Å². The molecule has 0 radical (unpaired) electrons. The molecule has 4 nitrogen and oxygen atoms in total. The molecule has 0 aliphatic carbocycles. The van der Waals surface area contributed by atoms with E-state index < -0.39 is 6.09 Å². The van der Waals surface area contributed by atoms with Crippen LogP contribution in [0.4, 0.5) is 4.79 Å². The number of carbonyl (C=O) groups is 1. The first kappa shape index (κ1) is 12.6. The molecule has 0 fully saturated rings. The Morgan fingerprint density at radius 2 is 2.06 bits per heavy atom. The number of aromatic nitrogens is 1. The molecule has 1 atom stereocenters. The van der Waals surface area contributed by atoms with Crippen LogP contribution < -0.4 is 0 Å². The molecule has 0 spiro atoms. The minimum absolute atomic E-state index is 0.105. The Hall–Kier alpha value is -1.81. The average Bonchev–Trinajstić information content (AvgIpc) is 2.68. The van der Waals surface area contributed by atoms with E-state index in [0.717, 1.165) is 23.0 Å². The molecule has 1 aromatic carbocycles. The minimum Gasteiger partial charge on any atom is -0.464 e. The van der Waals surface area contributed by atoms with Gasteiger partial charge in [-0.3, -0.25) is 0 Å². The predicted molar refractivity (Wildman–Crippen MR) is 72.1 cm³/mol. The monoisotopic (exact) mass is 246 g/mol. The molecule has 0 bridgehead atoms. The molecule has 96 valence electrons. The second-order valence-corrected chi connectivity index (χ2v) is 4.63. The van der Waals surface area contributed by atoms with Crippen LogP contribution in [0.5, 0.6) is 0 Å². The lowest BCUT2D eigenvalue weighted by Crippen LogP contribution is -2.24. The van der Waals surface area contributed by atoms with E-state index in [2.05, 4.69) is 6.92 Å². The van der Waals surface area contributed by atoms with Crippen LogP contribution in [0, 0.1) is 0 Å². The van der Waals surface area contributed by atoms with Gasteiger partial charge in [-0.1, -0.05) is 25.1 Å². The highest BCUT2D eigenvalue weighted by molar-refractivity contribution is 5.90. The van der Waals surface area contributed by atoms with Gasteiger partial charge in [0.05, 0.1) is 5.52 Å². The van der Waals surface area contributed by atoms with Gasteiger partial charge in [0.15, 0.2) is 0 Å². The van der Waals surface area contributed by atoms with Gasteiger partial charge < -0.3 is 10.0 Å². The molecule has 2 aromatic rings. The van der Waals surface area contributed by atoms with Crippen LogP contribution in [0.1, 0.15) is 25.1 Å². The average molecular weight is 246 g/mol. The zero-order valence-electron chi connectivity index (χ0n) is 10.9. The summed E-state index contributed by atoms with van der Waals surface area (Å²) >= 11 is 0. The molecule has 2 rings (SSSR count). The van der Waals surface area contributed by atoms with E-state index >= 15 is 0 Å². The number of rotatable bonds is 3. The van der Waals surface area contributed by atoms with Crippen LogP contribution in [0.2, 0.25) is 0 Å². The third-order valence-electron chi connectivity index (χ3n) is 3.28. The number of benzene rings is 1. The smallest absolute Gasteiger partial charge is 0.416 e. The lowest BCUT2D eigenvalue weighted by molar-refractivity contribution is 0.193. The number of para-hydroxylation sites is 1. The van der Waals surface area contributed by atoms with Gasteiger partial charge in [0.25, 0.3) is 0 Å². The topological polar surface area (TPSA) is 45.5 Å². The standard InChI is InChI=1S/C14H18N2O2/c1-4-11(15(2)3)13-9-10-7-5-6-8-12(10)16(13)14(17)18/h5-9,11H,4H2,1-3H3,(H,17,18). The summed E-state index contributed by atoms with van der Waals surface area (Å²) in [7, 11) is 3.94. The molecule has 4 heteroatoms. The Morgan fingerprint density at radius 1 is 1.39 bits per heavy atom. The Labute approximate surface area is 106 Å². The van der Waals surface area contributed by atoms with Crippen LogP contribution in [0.3, 0.4) is 0 Å². The summed E-state index contributed by atoms with van der Waals surface area (Å²) < 4.78 is 1.39. The summed E-state index contributed by atoms with van der Waals surface area (Å²) in [5.41, 5.74) is 1.58. The second kappa shape index (κ2) is 4.82. The minimum atomic E-state index is -0.925. The van der Waals surface area contributed by atoms with Gasteiger partial charge in [0, 0.05) is 17.1 Å². The third-order valence-corrected chi connectivity index (χ3v) is 3.28. The summed E-state index contributed by atoms with van der Waals surface area (Å²) in [6, 6.07) is 9.65. The highest BCUT2D eigenvalue weighted by atomic mass is 16.4. The fraction of sp³-hybridized carbons (Fsp3) is 0.357. The second-order valence-electron chi connectivity index (χ2n) is 4.63. The van der Waals surface area contributed by atoms with Gasteiger partial charge in [-0.15, -0.1) is 0 Å². The zero-order valence-corrected chi connectivity index (χ0v) is 10.9. The maximum atomic E-state index is 11.5. The summed E-state index contributed by atoms with van der Waals surface area (Å²) in [5, 5.41) is 10.4. The van der Waals surface area contributed by atoms with E-state index in [-0.39, 0.29) is 6.04 Å². The maximum absolute atomic E-state index is 11.5. The SMILES string of the molecule is CCC(c1cc2ccccc2n1C(=O)O)N(C)C. The molecular formula is C14H18N2O2. The fourth-order valence-corrected chi connectivity index (χ4v) is 2.47. The molecule has 0 aliphatic rings. The van der Waals surface area contributed by atoms with E-state index in [4.69, 9.17) is 0 Å². The van der Waals surface area contributed by atoms with E-state index in [1.54, 1.807) is 0 Å². The largest absolute Gasteiger partial charge is 0.464 e. The first-order chi connectivity index (χ1) is 8.56. The van der Waals surface area contributed by atoms with Crippen molar-refractivity contribution in [2.45, 2.75) is 19.4 Å². The zero-order chi connectivity index (χ0) is 13.3. The number of hydrogen-bond donors (Lipinski definition) is 1. The molecule has 1 N–H and O–H groups in total. The van der Waals surface area contributed by atoms with Crippen LogP contribution in [0.15, 0.2) is 30.3 Å². The van der Waals surface area contributed by atoms with Crippen molar-refractivity contribution in [1.29, 1.82) is 0 Å². The van der Waals surface area contributed by atoms with E-state index in [9.17, 15) is 9.90 Å². The lowest BCUT2D eigenvalue weighted by Gasteiger charge is -2.23. The molecule has 0 saturated heterocycles. The molecule has 1 aromatic heterocycles. The first-order valence-corrected chi connectivity index (χ1v) is 6.06. The molecule has 0 aliphatic heterocycles. The van der Waals surface area contributed by atoms with Crippen molar-refractivity contribution in [1.82, 2.24) is 9.47 Å². The van der Waals surface area contributed by atoms with Crippen molar-refractivity contribution < 1.29 is 9.90 Å². The summed E-state index contributed by atoms with van der Waals surface area (Å²) in [6.45, 7) is 2.06. The van der Waals surface area contributed by atoms with Crippen molar-refractivity contribution in [3.05, 3.63) is 36.0 Å². The highest BCUT2D eigenvalue weighted by Gasteiger charge is 2.21. The number of hydrogen-bond acceptors (Lipinski definition) is 2. The Bertz CT molecular complexity index is 572. The Morgan fingerprint density at radius 3 is 2.61 bits per heavy atom. The van der Waals surface area contributed by atoms with Gasteiger partial charge in [-0.25, -0.2) is 9.36 Å². The maximum Gasteiger partial charge on any atom is 0.416 e.